The zero-order valence-electron chi connectivity index (χ0n) is 10.1. The first-order valence-corrected chi connectivity index (χ1v) is 5.56. The van der Waals surface area contributed by atoms with Crippen molar-refractivity contribution in [1.29, 1.82) is 5.26 Å². The third-order valence-electron chi connectivity index (χ3n) is 2.43. The maximum atomic E-state index is 12.2. The molecule has 1 atom stereocenters. The molecule has 0 spiro atoms. The van der Waals surface area contributed by atoms with Crippen LogP contribution in [0.15, 0.2) is 30.3 Å². The average molecular weight is 250 g/mol. The van der Waals surface area contributed by atoms with E-state index in [9.17, 15) is 9.18 Å². The summed E-state index contributed by atoms with van der Waals surface area (Å²) in [5, 5.41) is 11.2. The number of nitriles is 1. The second-order valence-electron chi connectivity index (χ2n) is 4.07. The van der Waals surface area contributed by atoms with Crippen LogP contribution in [-0.4, -0.2) is 18.3 Å². The van der Waals surface area contributed by atoms with Gasteiger partial charge in [0.15, 0.2) is 0 Å². The first-order chi connectivity index (χ1) is 8.59. The monoisotopic (exact) mass is 250 g/mol. The molecular formula is C13H15FN2O2. The molecule has 1 amide bonds. The molecule has 0 bridgehead atoms. The molecule has 1 N–H and O–H groups in total. The molecule has 1 aromatic carbocycles. The highest BCUT2D eigenvalue weighted by atomic mass is 19.1. The summed E-state index contributed by atoms with van der Waals surface area (Å²) in [5.74, 6) is 0. The Bertz CT molecular complexity index is 430. The Balaban J connectivity index is 2.45. The van der Waals surface area contributed by atoms with E-state index in [0.29, 0.717) is 0 Å². The van der Waals surface area contributed by atoms with E-state index >= 15 is 0 Å². The van der Waals surface area contributed by atoms with Gasteiger partial charge in [-0.3, -0.25) is 4.39 Å². The Kier molecular flexibility index (Phi) is 5.12. The molecule has 1 rings (SSSR count). The molecule has 0 aromatic heterocycles. The number of carbonyl (C=O) groups excluding carboxylic acids is 1. The minimum Gasteiger partial charge on any atom is -0.445 e. The van der Waals surface area contributed by atoms with Gasteiger partial charge >= 0.3 is 6.09 Å². The van der Waals surface area contributed by atoms with Crippen molar-refractivity contribution in [3.8, 4) is 6.07 Å². The van der Waals surface area contributed by atoms with Gasteiger partial charge in [0.2, 0.25) is 0 Å². The van der Waals surface area contributed by atoms with Crippen LogP contribution in [0.5, 0.6) is 0 Å². The van der Waals surface area contributed by atoms with Crippen molar-refractivity contribution >= 4 is 6.09 Å². The smallest absolute Gasteiger partial charge is 0.408 e. The number of rotatable bonds is 5. The van der Waals surface area contributed by atoms with Crippen LogP contribution in [-0.2, 0) is 11.3 Å². The van der Waals surface area contributed by atoms with E-state index in [1.54, 1.807) is 0 Å². The summed E-state index contributed by atoms with van der Waals surface area (Å²) in [6.45, 7) is 0.892. The SMILES string of the molecule is C[C@@](C#N)(CCF)NC(=O)OCc1ccccc1. The molecule has 18 heavy (non-hydrogen) atoms. The standard InChI is InChI=1S/C13H15FN2O2/c1-13(10-15,7-8-14)16-12(17)18-9-11-5-3-2-4-6-11/h2-6H,7-9H2,1H3,(H,16,17)/t13-/m0/s1. The summed E-state index contributed by atoms with van der Waals surface area (Å²) in [6.07, 6.45) is -0.791. The summed E-state index contributed by atoms with van der Waals surface area (Å²) in [7, 11) is 0. The van der Waals surface area contributed by atoms with Crippen molar-refractivity contribution in [3.63, 3.8) is 0 Å². The van der Waals surface area contributed by atoms with Crippen LogP contribution >= 0.6 is 0 Å². The van der Waals surface area contributed by atoms with Crippen LogP contribution in [0.2, 0.25) is 0 Å². The highest BCUT2D eigenvalue weighted by molar-refractivity contribution is 5.68. The Labute approximate surface area is 105 Å². The van der Waals surface area contributed by atoms with Gasteiger partial charge in [-0.05, 0) is 12.5 Å². The molecule has 0 saturated carbocycles. The molecule has 0 heterocycles. The van der Waals surface area contributed by atoms with Crippen molar-refractivity contribution < 1.29 is 13.9 Å². The Morgan fingerprint density at radius 1 is 1.50 bits per heavy atom. The van der Waals surface area contributed by atoms with Crippen molar-refractivity contribution in [2.24, 2.45) is 0 Å². The number of amides is 1. The molecule has 0 radical (unpaired) electrons. The van der Waals surface area contributed by atoms with Gasteiger partial charge in [0, 0.05) is 6.42 Å². The van der Waals surface area contributed by atoms with Gasteiger partial charge in [-0.2, -0.15) is 5.26 Å². The summed E-state index contributed by atoms with van der Waals surface area (Å²) >= 11 is 0. The predicted octanol–water partition coefficient (Wildman–Crippen LogP) is 2.55. The molecule has 96 valence electrons. The van der Waals surface area contributed by atoms with E-state index in [1.165, 1.54) is 6.92 Å². The third-order valence-corrected chi connectivity index (χ3v) is 2.43. The van der Waals surface area contributed by atoms with E-state index < -0.39 is 18.3 Å². The highest BCUT2D eigenvalue weighted by Crippen LogP contribution is 2.09. The molecule has 0 fully saturated rings. The van der Waals surface area contributed by atoms with Gasteiger partial charge in [0.05, 0.1) is 12.7 Å². The van der Waals surface area contributed by atoms with Gasteiger partial charge in [0.1, 0.15) is 12.1 Å². The lowest BCUT2D eigenvalue weighted by Crippen LogP contribution is -2.45. The Morgan fingerprint density at radius 3 is 2.72 bits per heavy atom. The largest absolute Gasteiger partial charge is 0.445 e. The van der Waals surface area contributed by atoms with Crippen LogP contribution in [0.25, 0.3) is 0 Å². The molecule has 0 aliphatic rings. The third kappa shape index (κ3) is 4.42. The van der Waals surface area contributed by atoms with Gasteiger partial charge in [0.25, 0.3) is 0 Å². The summed E-state index contributed by atoms with van der Waals surface area (Å²) < 4.78 is 17.2. The summed E-state index contributed by atoms with van der Waals surface area (Å²) in [6, 6.07) is 11.0. The van der Waals surface area contributed by atoms with Crippen LogP contribution in [0.4, 0.5) is 9.18 Å². The number of benzene rings is 1. The molecule has 5 heteroatoms. The topological polar surface area (TPSA) is 62.1 Å². The number of carbonyl (C=O) groups is 1. The van der Waals surface area contributed by atoms with Gasteiger partial charge < -0.3 is 10.1 Å². The molecule has 1 aromatic rings. The quantitative estimate of drug-likeness (QED) is 0.873. The van der Waals surface area contributed by atoms with E-state index in [2.05, 4.69) is 5.32 Å². The number of nitrogens with zero attached hydrogens (tertiary/aromatic N) is 1. The van der Waals surface area contributed by atoms with Crippen LogP contribution in [0.1, 0.15) is 18.9 Å². The van der Waals surface area contributed by atoms with Crippen LogP contribution in [0, 0.1) is 11.3 Å². The van der Waals surface area contributed by atoms with E-state index in [4.69, 9.17) is 10.00 Å². The molecule has 0 aliphatic carbocycles. The fourth-order valence-electron chi connectivity index (χ4n) is 1.32. The molecular weight excluding hydrogens is 235 g/mol. The number of ether oxygens (including phenoxy) is 1. The first-order valence-electron chi connectivity index (χ1n) is 5.56. The van der Waals surface area contributed by atoms with Crippen LogP contribution < -0.4 is 5.32 Å². The highest BCUT2D eigenvalue weighted by Gasteiger charge is 2.26. The van der Waals surface area contributed by atoms with E-state index in [-0.39, 0.29) is 13.0 Å². The molecule has 0 unspecified atom stereocenters. The van der Waals surface area contributed by atoms with Crippen LogP contribution in [0.3, 0.4) is 0 Å². The molecule has 0 aliphatic heterocycles. The number of hydrogen-bond donors (Lipinski definition) is 1. The maximum absolute atomic E-state index is 12.2. The number of hydrogen-bond acceptors (Lipinski definition) is 3. The second kappa shape index (κ2) is 6.60. The van der Waals surface area contributed by atoms with Gasteiger partial charge in [-0.15, -0.1) is 0 Å². The van der Waals surface area contributed by atoms with E-state index in [1.807, 2.05) is 36.4 Å². The Morgan fingerprint density at radius 2 is 2.17 bits per heavy atom. The lowest BCUT2D eigenvalue weighted by Gasteiger charge is -2.21. The second-order valence-corrected chi connectivity index (χ2v) is 4.07. The first kappa shape index (κ1) is 14.0. The number of alkyl carbamates (subject to hydrolysis) is 1. The summed E-state index contributed by atoms with van der Waals surface area (Å²) in [4.78, 5) is 11.5. The fourth-order valence-corrected chi connectivity index (χ4v) is 1.32. The van der Waals surface area contributed by atoms with Crippen molar-refractivity contribution in [3.05, 3.63) is 35.9 Å². The zero-order valence-corrected chi connectivity index (χ0v) is 10.1. The average Bonchev–Trinajstić information content (AvgIpc) is 2.38. The minimum atomic E-state index is -1.23. The molecule has 4 nitrogen and oxygen atoms in total. The van der Waals surface area contributed by atoms with E-state index in [0.717, 1.165) is 5.56 Å². The summed E-state index contributed by atoms with van der Waals surface area (Å²) in [5.41, 5.74) is -0.389. The lowest BCUT2D eigenvalue weighted by atomic mass is 10.0. The van der Waals surface area contributed by atoms with Crippen molar-refractivity contribution in [2.45, 2.75) is 25.5 Å². The predicted molar refractivity (Wildman–Crippen MR) is 64.4 cm³/mol. The fraction of sp³-hybridized carbons (Fsp3) is 0.385. The number of alkyl halides is 1. The Hall–Kier alpha value is -2.09. The maximum Gasteiger partial charge on any atom is 0.408 e. The lowest BCUT2D eigenvalue weighted by molar-refractivity contribution is 0.131. The normalized spacial score (nSPS) is 13.2. The van der Waals surface area contributed by atoms with Gasteiger partial charge in [-0.25, -0.2) is 4.79 Å². The zero-order chi connectivity index (χ0) is 13.4. The number of halogens is 1. The minimum absolute atomic E-state index is 0.0655. The van der Waals surface area contributed by atoms with Crippen molar-refractivity contribution in [1.82, 2.24) is 5.32 Å². The molecule has 0 saturated heterocycles. The van der Waals surface area contributed by atoms with Gasteiger partial charge in [-0.1, -0.05) is 30.3 Å². The van der Waals surface area contributed by atoms with Crippen molar-refractivity contribution in [2.75, 3.05) is 6.67 Å². The number of nitrogens with one attached hydrogen (secondary N) is 1.